The SMILES string of the molecule is COc1cc(C(=O)Nc2ccc(Cl)c(N3CCCS3(=O)=O)c2)c([N+](=O)[O-])cc1OC. The standard InChI is InChI=1S/C18H18ClN3O7S/c1-28-16-9-12(14(22(24)25)10-17(16)29-2)18(23)20-11-4-5-13(19)15(8-11)21-6-3-7-30(21,26)27/h4-5,8-10H,3,6-7H2,1-2H3,(H,20,23). The third-order valence-electron chi connectivity index (χ3n) is 4.52. The molecule has 0 aliphatic carbocycles. The topological polar surface area (TPSA) is 128 Å². The summed E-state index contributed by atoms with van der Waals surface area (Å²) in [4.78, 5) is 23.5. The van der Waals surface area contributed by atoms with Crippen LogP contribution in [-0.2, 0) is 10.0 Å². The minimum absolute atomic E-state index is 0.0117. The summed E-state index contributed by atoms with van der Waals surface area (Å²) in [6.07, 6.45) is 0.465. The Morgan fingerprint density at radius 1 is 1.20 bits per heavy atom. The van der Waals surface area contributed by atoms with Gasteiger partial charge in [0.2, 0.25) is 10.0 Å². The first-order valence-electron chi connectivity index (χ1n) is 8.69. The molecule has 1 N–H and O–H groups in total. The normalized spacial score (nSPS) is 15.0. The molecule has 30 heavy (non-hydrogen) atoms. The van der Waals surface area contributed by atoms with Gasteiger partial charge in [-0.15, -0.1) is 0 Å². The van der Waals surface area contributed by atoms with Crippen molar-refractivity contribution in [1.29, 1.82) is 0 Å². The second-order valence-corrected chi connectivity index (χ2v) is 8.76. The van der Waals surface area contributed by atoms with Gasteiger partial charge in [0.05, 0.1) is 41.7 Å². The van der Waals surface area contributed by atoms with E-state index in [1.165, 1.54) is 42.8 Å². The van der Waals surface area contributed by atoms with E-state index in [0.29, 0.717) is 6.42 Å². The number of nitrogens with one attached hydrogen (secondary N) is 1. The van der Waals surface area contributed by atoms with Crippen LogP contribution in [0.25, 0.3) is 0 Å². The molecular formula is C18H18ClN3O7S. The van der Waals surface area contributed by atoms with Crippen LogP contribution in [0.2, 0.25) is 5.02 Å². The number of sulfonamides is 1. The van der Waals surface area contributed by atoms with Gasteiger partial charge in [-0.3, -0.25) is 19.2 Å². The zero-order chi connectivity index (χ0) is 22.1. The van der Waals surface area contributed by atoms with Crippen molar-refractivity contribution in [3.05, 3.63) is 51.0 Å². The summed E-state index contributed by atoms with van der Waals surface area (Å²) < 4.78 is 35.7. The fourth-order valence-electron chi connectivity index (χ4n) is 3.09. The molecule has 0 radical (unpaired) electrons. The molecule has 0 aromatic heterocycles. The lowest BCUT2D eigenvalue weighted by Crippen LogP contribution is -2.25. The van der Waals surface area contributed by atoms with Gasteiger partial charge < -0.3 is 14.8 Å². The van der Waals surface area contributed by atoms with Crippen LogP contribution in [0.5, 0.6) is 11.5 Å². The van der Waals surface area contributed by atoms with Crippen molar-refractivity contribution in [1.82, 2.24) is 0 Å². The third-order valence-corrected chi connectivity index (χ3v) is 6.69. The Hall–Kier alpha value is -3.05. The summed E-state index contributed by atoms with van der Waals surface area (Å²) in [5.41, 5.74) is -0.260. The third kappa shape index (κ3) is 4.12. The second-order valence-electron chi connectivity index (χ2n) is 6.34. The van der Waals surface area contributed by atoms with Crippen LogP contribution in [-0.4, -0.2) is 45.8 Å². The molecular weight excluding hydrogens is 438 g/mol. The van der Waals surface area contributed by atoms with Crippen molar-refractivity contribution < 1.29 is 27.6 Å². The summed E-state index contributed by atoms with van der Waals surface area (Å²) in [6, 6.07) is 6.63. The molecule has 1 saturated heterocycles. The Labute approximate surface area is 177 Å². The molecule has 10 nitrogen and oxygen atoms in total. The van der Waals surface area contributed by atoms with Crippen LogP contribution in [0, 0.1) is 10.1 Å². The summed E-state index contributed by atoms with van der Waals surface area (Å²) in [7, 11) is -0.815. The van der Waals surface area contributed by atoms with E-state index in [1.807, 2.05) is 0 Å². The molecule has 1 heterocycles. The molecule has 12 heteroatoms. The molecule has 0 spiro atoms. The van der Waals surface area contributed by atoms with Gasteiger partial charge in [0.15, 0.2) is 11.5 Å². The number of methoxy groups -OCH3 is 2. The van der Waals surface area contributed by atoms with E-state index in [9.17, 15) is 23.3 Å². The first-order chi connectivity index (χ1) is 14.2. The molecule has 2 aromatic carbocycles. The summed E-state index contributed by atoms with van der Waals surface area (Å²) in [6.45, 7) is 0.278. The largest absolute Gasteiger partial charge is 0.493 e. The van der Waals surface area contributed by atoms with Gasteiger partial charge in [-0.2, -0.15) is 0 Å². The summed E-state index contributed by atoms with van der Waals surface area (Å²) in [5, 5.41) is 14.2. The van der Waals surface area contributed by atoms with Crippen LogP contribution in [0.3, 0.4) is 0 Å². The van der Waals surface area contributed by atoms with Gasteiger partial charge in [-0.05, 0) is 24.6 Å². The molecule has 2 aromatic rings. The van der Waals surface area contributed by atoms with Crippen molar-refractivity contribution in [2.45, 2.75) is 6.42 Å². The van der Waals surface area contributed by atoms with Gasteiger partial charge >= 0.3 is 0 Å². The molecule has 160 valence electrons. The van der Waals surface area contributed by atoms with E-state index >= 15 is 0 Å². The molecule has 0 unspecified atom stereocenters. The monoisotopic (exact) mass is 455 g/mol. The number of anilines is 2. The molecule has 1 amide bonds. The Morgan fingerprint density at radius 3 is 2.43 bits per heavy atom. The van der Waals surface area contributed by atoms with Gasteiger partial charge in [-0.25, -0.2) is 8.42 Å². The van der Waals surface area contributed by atoms with Crippen LogP contribution in [0.4, 0.5) is 17.1 Å². The number of benzene rings is 2. The zero-order valence-corrected chi connectivity index (χ0v) is 17.6. The number of carbonyl (C=O) groups is 1. The lowest BCUT2D eigenvalue weighted by atomic mass is 10.1. The molecule has 1 aliphatic rings. The Morgan fingerprint density at radius 2 is 1.87 bits per heavy atom. The van der Waals surface area contributed by atoms with E-state index in [4.69, 9.17) is 21.1 Å². The number of ether oxygens (including phenoxy) is 2. The molecule has 3 rings (SSSR count). The number of nitrogens with zero attached hydrogens (tertiary/aromatic N) is 2. The molecule has 0 saturated carbocycles. The summed E-state index contributed by atoms with van der Waals surface area (Å²) >= 11 is 6.16. The van der Waals surface area contributed by atoms with Crippen molar-refractivity contribution >= 4 is 44.6 Å². The van der Waals surface area contributed by atoms with Crippen LogP contribution < -0.4 is 19.1 Å². The van der Waals surface area contributed by atoms with E-state index in [2.05, 4.69) is 5.32 Å². The quantitative estimate of drug-likeness (QED) is 0.523. The van der Waals surface area contributed by atoms with Crippen LogP contribution in [0.1, 0.15) is 16.8 Å². The number of halogens is 1. The molecule has 1 aliphatic heterocycles. The average molecular weight is 456 g/mol. The minimum atomic E-state index is -3.48. The Kier molecular flexibility index (Phi) is 6.04. The first kappa shape index (κ1) is 21.7. The fraction of sp³-hybridized carbons (Fsp3) is 0.278. The molecule has 0 bridgehead atoms. The number of amides is 1. The zero-order valence-electron chi connectivity index (χ0n) is 16.0. The van der Waals surface area contributed by atoms with Crippen LogP contribution >= 0.6 is 11.6 Å². The highest BCUT2D eigenvalue weighted by Gasteiger charge is 2.30. The van der Waals surface area contributed by atoms with Crippen molar-refractivity contribution in [3.8, 4) is 11.5 Å². The summed E-state index contributed by atoms with van der Waals surface area (Å²) in [5.74, 6) is -0.514. The van der Waals surface area contributed by atoms with Crippen molar-refractivity contribution in [2.24, 2.45) is 0 Å². The number of nitro benzene ring substituents is 1. The Balaban J connectivity index is 1.97. The van der Waals surface area contributed by atoms with Crippen molar-refractivity contribution in [3.63, 3.8) is 0 Å². The first-order valence-corrected chi connectivity index (χ1v) is 10.7. The van der Waals surface area contributed by atoms with Crippen LogP contribution in [0.15, 0.2) is 30.3 Å². The maximum absolute atomic E-state index is 12.8. The average Bonchev–Trinajstić information content (AvgIpc) is 3.06. The number of carbonyl (C=O) groups excluding carboxylic acids is 1. The van der Waals surface area contributed by atoms with E-state index in [-0.39, 0.29) is 45.8 Å². The van der Waals surface area contributed by atoms with Gasteiger partial charge in [0.1, 0.15) is 5.56 Å². The smallest absolute Gasteiger partial charge is 0.286 e. The highest BCUT2D eigenvalue weighted by molar-refractivity contribution is 7.93. The number of hydrogen-bond donors (Lipinski definition) is 1. The molecule has 0 atom stereocenters. The van der Waals surface area contributed by atoms with Gasteiger partial charge in [0, 0.05) is 18.3 Å². The predicted molar refractivity (Wildman–Crippen MR) is 111 cm³/mol. The Bertz CT molecular complexity index is 1120. The lowest BCUT2D eigenvalue weighted by Gasteiger charge is -2.19. The van der Waals surface area contributed by atoms with E-state index < -0.39 is 26.5 Å². The van der Waals surface area contributed by atoms with Gasteiger partial charge in [0.25, 0.3) is 11.6 Å². The number of nitro groups is 1. The van der Waals surface area contributed by atoms with E-state index in [0.717, 1.165) is 6.07 Å². The number of hydrogen-bond acceptors (Lipinski definition) is 7. The van der Waals surface area contributed by atoms with E-state index in [1.54, 1.807) is 0 Å². The second kappa shape index (κ2) is 8.36. The maximum Gasteiger partial charge on any atom is 0.286 e. The highest BCUT2D eigenvalue weighted by Crippen LogP contribution is 2.36. The van der Waals surface area contributed by atoms with Gasteiger partial charge in [-0.1, -0.05) is 11.6 Å². The molecule has 1 fully saturated rings. The number of rotatable bonds is 6. The lowest BCUT2D eigenvalue weighted by molar-refractivity contribution is -0.385. The minimum Gasteiger partial charge on any atom is -0.493 e. The van der Waals surface area contributed by atoms with Crippen molar-refractivity contribution in [2.75, 3.05) is 36.1 Å². The highest BCUT2D eigenvalue weighted by atomic mass is 35.5. The fourth-order valence-corrected chi connectivity index (χ4v) is 4.93. The maximum atomic E-state index is 12.8. The predicted octanol–water partition coefficient (Wildman–Crippen LogP) is 3.06.